The lowest BCUT2D eigenvalue weighted by atomic mass is 10.0. The fourth-order valence-corrected chi connectivity index (χ4v) is 2.64. The predicted molar refractivity (Wildman–Crippen MR) is 83.9 cm³/mol. The van der Waals surface area contributed by atoms with Gasteiger partial charge in [0.1, 0.15) is 5.82 Å². The van der Waals surface area contributed by atoms with Crippen molar-refractivity contribution in [3.05, 3.63) is 58.3 Å². The first kappa shape index (κ1) is 13.9. The Bertz CT molecular complexity index is 814. The molecule has 21 heavy (non-hydrogen) atoms. The number of nitrogens with zero attached hydrogens (tertiary/aromatic N) is 1. The molecule has 1 heterocycles. The molecule has 0 bridgehead atoms. The third-order valence-electron chi connectivity index (χ3n) is 3.16. The Balaban J connectivity index is 2.28. The molecule has 3 nitrogen and oxygen atoms in total. The monoisotopic (exact) mass is 321 g/mol. The van der Waals surface area contributed by atoms with Gasteiger partial charge in [-0.15, -0.1) is 0 Å². The van der Waals surface area contributed by atoms with Crippen molar-refractivity contribution in [1.29, 1.82) is 0 Å². The van der Waals surface area contributed by atoms with Crippen LogP contribution in [0.4, 0.5) is 10.2 Å². The Labute approximate surface area is 130 Å². The molecule has 0 atom stereocenters. The second-order valence-electron chi connectivity index (χ2n) is 4.44. The van der Waals surface area contributed by atoms with E-state index in [-0.39, 0.29) is 10.8 Å². The van der Waals surface area contributed by atoms with Crippen LogP contribution in [-0.4, -0.2) is 10.2 Å². The van der Waals surface area contributed by atoms with Crippen LogP contribution in [-0.2, 0) is 0 Å². The minimum atomic E-state index is -0.507. The van der Waals surface area contributed by atoms with Gasteiger partial charge >= 0.3 is 0 Å². The third kappa shape index (κ3) is 2.37. The summed E-state index contributed by atoms with van der Waals surface area (Å²) in [7, 11) is 0. The zero-order chi connectivity index (χ0) is 15.0. The Morgan fingerprint density at radius 1 is 1.00 bits per heavy atom. The average molecular weight is 322 g/mol. The number of nitrogens with one attached hydrogen (secondary N) is 1. The van der Waals surface area contributed by atoms with Gasteiger partial charge in [0, 0.05) is 16.1 Å². The van der Waals surface area contributed by atoms with Gasteiger partial charge in [-0.05, 0) is 12.1 Å². The van der Waals surface area contributed by atoms with Crippen molar-refractivity contribution >= 4 is 29.0 Å². The second-order valence-corrected chi connectivity index (χ2v) is 5.23. The van der Waals surface area contributed by atoms with Crippen LogP contribution in [0.3, 0.4) is 0 Å². The maximum atomic E-state index is 13.7. The molecule has 0 saturated heterocycles. The van der Waals surface area contributed by atoms with E-state index in [1.165, 1.54) is 6.07 Å². The van der Waals surface area contributed by atoms with Crippen molar-refractivity contribution < 1.29 is 4.39 Å². The molecule has 0 radical (unpaired) electrons. The van der Waals surface area contributed by atoms with E-state index in [1.807, 2.05) is 18.2 Å². The van der Waals surface area contributed by atoms with E-state index >= 15 is 0 Å². The number of aromatic amines is 1. The van der Waals surface area contributed by atoms with Crippen LogP contribution in [0.1, 0.15) is 0 Å². The van der Waals surface area contributed by atoms with Crippen molar-refractivity contribution in [2.24, 2.45) is 0 Å². The van der Waals surface area contributed by atoms with E-state index in [0.29, 0.717) is 27.4 Å². The molecule has 0 fully saturated rings. The molecule has 0 aliphatic heterocycles. The summed E-state index contributed by atoms with van der Waals surface area (Å²) in [6, 6.07) is 11.8. The topological polar surface area (TPSA) is 54.7 Å². The Hall–Kier alpha value is -2.04. The minimum absolute atomic E-state index is 0.00875. The number of H-pyrrole nitrogens is 1. The molecule has 3 N–H and O–H groups in total. The zero-order valence-electron chi connectivity index (χ0n) is 10.7. The van der Waals surface area contributed by atoms with Gasteiger partial charge in [-0.25, -0.2) is 4.39 Å². The minimum Gasteiger partial charge on any atom is -0.382 e. The summed E-state index contributed by atoms with van der Waals surface area (Å²) in [5, 5.41) is 7.33. The first-order chi connectivity index (χ1) is 10.1. The molecule has 0 aliphatic rings. The highest BCUT2D eigenvalue weighted by molar-refractivity contribution is 6.35. The second kappa shape index (κ2) is 5.39. The van der Waals surface area contributed by atoms with Crippen LogP contribution >= 0.6 is 23.2 Å². The number of aromatic nitrogens is 2. The van der Waals surface area contributed by atoms with Crippen molar-refractivity contribution in [3.63, 3.8) is 0 Å². The number of nitrogen functional groups attached to an aromatic ring is 1. The molecule has 1 aromatic heterocycles. The largest absolute Gasteiger partial charge is 0.382 e. The number of hydrogen-bond acceptors (Lipinski definition) is 2. The molecule has 0 aliphatic carbocycles. The van der Waals surface area contributed by atoms with Gasteiger partial charge in [0.2, 0.25) is 0 Å². The van der Waals surface area contributed by atoms with Gasteiger partial charge in [-0.3, -0.25) is 5.10 Å². The van der Waals surface area contributed by atoms with Crippen LogP contribution in [0.15, 0.2) is 42.5 Å². The molecule has 0 saturated carbocycles. The van der Waals surface area contributed by atoms with Crippen LogP contribution in [0, 0.1) is 5.82 Å². The fraction of sp³-hybridized carbons (Fsp3) is 0. The molecule has 106 valence electrons. The molecule has 6 heteroatoms. The molecule has 0 amide bonds. The lowest BCUT2D eigenvalue weighted by Gasteiger charge is -2.08. The van der Waals surface area contributed by atoms with Crippen LogP contribution < -0.4 is 5.73 Å². The molecule has 2 aromatic carbocycles. The van der Waals surface area contributed by atoms with Gasteiger partial charge in [-0.2, -0.15) is 5.10 Å². The summed E-state index contributed by atoms with van der Waals surface area (Å²) in [4.78, 5) is 0. The van der Waals surface area contributed by atoms with E-state index in [1.54, 1.807) is 18.2 Å². The summed E-state index contributed by atoms with van der Waals surface area (Å²) >= 11 is 12.3. The summed E-state index contributed by atoms with van der Waals surface area (Å²) in [6.45, 7) is 0. The van der Waals surface area contributed by atoms with E-state index < -0.39 is 5.82 Å². The first-order valence-corrected chi connectivity index (χ1v) is 6.88. The molecule has 3 aromatic rings. The summed E-state index contributed by atoms with van der Waals surface area (Å²) in [5.41, 5.74) is 8.26. The standard InChI is InChI=1S/C15H10Cl2FN3/c16-10-6-2-1-4-8(10)12-14(20-21-15(12)19)9-5-3-7-11(18)13(9)17/h1-7H,(H3,19,20,21). The third-order valence-corrected chi connectivity index (χ3v) is 3.87. The van der Waals surface area contributed by atoms with Gasteiger partial charge in [0.15, 0.2) is 5.82 Å². The SMILES string of the molecule is Nc1n[nH]c(-c2cccc(F)c2Cl)c1-c1ccccc1Cl. The van der Waals surface area contributed by atoms with Gasteiger partial charge in [-0.1, -0.05) is 53.5 Å². The van der Waals surface area contributed by atoms with E-state index in [9.17, 15) is 4.39 Å². The number of rotatable bonds is 2. The quantitative estimate of drug-likeness (QED) is 0.714. The van der Waals surface area contributed by atoms with Crippen molar-refractivity contribution in [3.8, 4) is 22.4 Å². The fourth-order valence-electron chi connectivity index (χ4n) is 2.18. The van der Waals surface area contributed by atoms with Gasteiger partial charge < -0.3 is 5.73 Å². The molecular formula is C15H10Cl2FN3. The van der Waals surface area contributed by atoms with Crippen LogP contribution in [0.5, 0.6) is 0 Å². The number of anilines is 1. The van der Waals surface area contributed by atoms with E-state index in [4.69, 9.17) is 28.9 Å². The molecule has 3 rings (SSSR count). The first-order valence-electron chi connectivity index (χ1n) is 6.12. The smallest absolute Gasteiger partial charge is 0.153 e. The number of halogens is 3. The highest BCUT2D eigenvalue weighted by Gasteiger charge is 2.19. The number of nitrogens with two attached hydrogens (primary N) is 1. The van der Waals surface area contributed by atoms with Crippen molar-refractivity contribution in [1.82, 2.24) is 10.2 Å². The zero-order valence-corrected chi connectivity index (χ0v) is 12.2. The van der Waals surface area contributed by atoms with Gasteiger partial charge in [0.25, 0.3) is 0 Å². The summed E-state index contributed by atoms with van der Waals surface area (Å²) in [6.07, 6.45) is 0. The number of hydrogen-bond donors (Lipinski definition) is 2. The Morgan fingerprint density at radius 3 is 2.48 bits per heavy atom. The van der Waals surface area contributed by atoms with E-state index in [0.717, 1.165) is 0 Å². The lowest BCUT2D eigenvalue weighted by Crippen LogP contribution is -1.90. The predicted octanol–water partition coefficient (Wildman–Crippen LogP) is 4.77. The normalized spacial score (nSPS) is 10.8. The van der Waals surface area contributed by atoms with Crippen LogP contribution in [0.25, 0.3) is 22.4 Å². The maximum absolute atomic E-state index is 13.7. The molecular weight excluding hydrogens is 312 g/mol. The molecule has 0 spiro atoms. The lowest BCUT2D eigenvalue weighted by molar-refractivity contribution is 0.628. The van der Waals surface area contributed by atoms with E-state index in [2.05, 4.69) is 10.2 Å². The molecule has 0 unspecified atom stereocenters. The summed E-state index contributed by atoms with van der Waals surface area (Å²) < 4.78 is 13.7. The number of benzene rings is 2. The average Bonchev–Trinajstić information content (AvgIpc) is 2.84. The maximum Gasteiger partial charge on any atom is 0.153 e. The highest BCUT2D eigenvalue weighted by Crippen LogP contribution is 2.40. The highest BCUT2D eigenvalue weighted by atomic mass is 35.5. The van der Waals surface area contributed by atoms with Crippen molar-refractivity contribution in [2.45, 2.75) is 0 Å². The van der Waals surface area contributed by atoms with Crippen molar-refractivity contribution in [2.75, 3.05) is 5.73 Å². The van der Waals surface area contributed by atoms with Crippen LogP contribution in [0.2, 0.25) is 10.0 Å². The van der Waals surface area contributed by atoms with Gasteiger partial charge in [0.05, 0.1) is 16.3 Å². The summed E-state index contributed by atoms with van der Waals surface area (Å²) in [5.74, 6) is -0.231. The Morgan fingerprint density at radius 2 is 1.71 bits per heavy atom. The Kier molecular flexibility index (Phi) is 3.57.